The van der Waals surface area contributed by atoms with Gasteiger partial charge in [0.2, 0.25) is 0 Å². The number of aliphatic hydroxyl groups excluding tert-OH is 1. The van der Waals surface area contributed by atoms with Crippen LogP contribution in [0.2, 0.25) is 0 Å². The predicted octanol–water partition coefficient (Wildman–Crippen LogP) is 2.39. The Morgan fingerprint density at radius 1 is 0.968 bits per heavy atom. The number of methoxy groups -OCH3 is 2. The Morgan fingerprint density at radius 3 is 2.10 bits per heavy atom. The van der Waals surface area contributed by atoms with E-state index in [1.165, 1.54) is 0 Å². The third kappa shape index (κ3) is 5.46. The van der Waals surface area contributed by atoms with E-state index in [1.54, 1.807) is 45.4 Å². The molecule has 3 rings (SSSR count). The highest BCUT2D eigenvalue weighted by Gasteiger charge is 2.47. The highest BCUT2D eigenvalue weighted by molar-refractivity contribution is 6.06. The van der Waals surface area contributed by atoms with Gasteiger partial charge in [-0.05, 0) is 61.7 Å². The van der Waals surface area contributed by atoms with Crippen LogP contribution in [0.15, 0.2) is 48.5 Å². The van der Waals surface area contributed by atoms with Gasteiger partial charge in [0, 0.05) is 0 Å². The summed E-state index contributed by atoms with van der Waals surface area (Å²) in [7, 11) is 3.18. The minimum Gasteiger partial charge on any atom is -0.497 e. The lowest BCUT2D eigenvalue weighted by molar-refractivity contribution is -0.132. The molecule has 2 unspecified atom stereocenters. The number of nitrogens with zero attached hydrogens (tertiary/aromatic N) is 1. The van der Waals surface area contributed by atoms with E-state index in [2.05, 4.69) is 5.32 Å². The van der Waals surface area contributed by atoms with Crippen molar-refractivity contribution >= 4 is 11.9 Å². The Bertz CT molecular complexity index is 899. The highest BCUT2D eigenvalue weighted by atomic mass is 16.5. The zero-order valence-corrected chi connectivity index (χ0v) is 18.0. The van der Waals surface area contributed by atoms with Crippen molar-refractivity contribution in [1.29, 1.82) is 0 Å². The molecule has 166 valence electrons. The van der Waals surface area contributed by atoms with E-state index in [-0.39, 0.29) is 19.1 Å². The molecular formula is C23H28N2O6. The van der Waals surface area contributed by atoms with Gasteiger partial charge in [0.1, 0.15) is 35.5 Å². The molecule has 2 N–H and O–H groups in total. The van der Waals surface area contributed by atoms with Crippen molar-refractivity contribution in [2.75, 3.05) is 27.4 Å². The van der Waals surface area contributed by atoms with E-state index in [0.717, 1.165) is 16.2 Å². The van der Waals surface area contributed by atoms with Gasteiger partial charge in [-0.15, -0.1) is 0 Å². The van der Waals surface area contributed by atoms with Crippen LogP contribution >= 0.6 is 0 Å². The largest absolute Gasteiger partial charge is 0.497 e. The molecule has 0 saturated carbocycles. The highest BCUT2D eigenvalue weighted by Crippen LogP contribution is 2.24. The van der Waals surface area contributed by atoms with Crippen LogP contribution in [0.25, 0.3) is 0 Å². The molecule has 1 aliphatic heterocycles. The summed E-state index contributed by atoms with van der Waals surface area (Å²) in [5.41, 5.74) is 0.0172. The molecule has 1 fully saturated rings. The monoisotopic (exact) mass is 428 g/mol. The summed E-state index contributed by atoms with van der Waals surface area (Å²) in [4.78, 5) is 26.3. The lowest BCUT2D eigenvalue weighted by Gasteiger charge is -2.22. The molecule has 0 spiro atoms. The number of hydrogen-bond donors (Lipinski definition) is 2. The van der Waals surface area contributed by atoms with Crippen LogP contribution in [0.4, 0.5) is 4.79 Å². The number of hydrogen-bond acceptors (Lipinski definition) is 6. The SMILES string of the molecule is COc1ccc(CCC2(C)NC(=O)N(CC(O)COc3ccc(OC)cc3)C2=O)cc1. The average Bonchev–Trinajstić information content (AvgIpc) is 3.00. The molecule has 1 saturated heterocycles. The molecule has 8 heteroatoms. The maximum atomic E-state index is 12.9. The third-order valence-corrected chi connectivity index (χ3v) is 5.31. The van der Waals surface area contributed by atoms with Gasteiger partial charge in [0.05, 0.1) is 20.8 Å². The van der Waals surface area contributed by atoms with Crippen LogP contribution in [0.1, 0.15) is 18.9 Å². The van der Waals surface area contributed by atoms with Crippen molar-refractivity contribution in [2.24, 2.45) is 0 Å². The number of carbonyl (C=O) groups is 2. The van der Waals surface area contributed by atoms with Gasteiger partial charge in [0.25, 0.3) is 5.91 Å². The van der Waals surface area contributed by atoms with E-state index in [0.29, 0.717) is 24.3 Å². The summed E-state index contributed by atoms with van der Waals surface area (Å²) >= 11 is 0. The second-order valence-corrected chi connectivity index (χ2v) is 7.67. The van der Waals surface area contributed by atoms with Crippen molar-refractivity contribution < 1.29 is 28.9 Å². The second kappa shape index (κ2) is 9.70. The fourth-order valence-corrected chi connectivity index (χ4v) is 3.40. The maximum absolute atomic E-state index is 12.9. The number of nitrogens with one attached hydrogen (secondary N) is 1. The molecule has 3 amide bonds. The Kier molecular flexibility index (Phi) is 7.02. The van der Waals surface area contributed by atoms with Gasteiger partial charge < -0.3 is 24.6 Å². The summed E-state index contributed by atoms with van der Waals surface area (Å²) in [5, 5.41) is 13.1. The van der Waals surface area contributed by atoms with Crippen molar-refractivity contribution in [2.45, 2.75) is 31.4 Å². The van der Waals surface area contributed by atoms with Gasteiger partial charge in [0.15, 0.2) is 0 Å². The normalized spacial score (nSPS) is 19.2. The molecule has 0 bridgehead atoms. The Hall–Kier alpha value is -3.26. The van der Waals surface area contributed by atoms with E-state index in [4.69, 9.17) is 14.2 Å². The fourth-order valence-electron chi connectivity index (χ4n) is 3.40. The van der Waals surface area contributed by atoms with Crippen molar-refractivity contribution in [3.8, 4) is 17.2 Å². The van der Waals surface area contributed by atoms with Crippen LogP contribution in [-0.2, 0) is 11.2 Å². The fraction of sp³-hybridized carbons (Fsp3) is 0.391. The molecule has 2 aromatic carbocycles. The number of carbonyl (C=O) groups excluding carboxylic acids is 2. The smallest absolute Gasteiger partial charge is 0.325 e. The Morgan fingerprint density at radius 2 is 1.52 bits per heavy atom. The summed E-state index contributed by atoms with van der Waals surface area (Å²) in [6.07, 6.45) is 0.0447. The van der Waals surface area contributed by atoms with Gasteiger partial charge in [-0.2, -0.15) is 0 Å². The number of aryl methyl sites for hydroxylation is 1. The third-order valence-electron chi connectivity index (χ3n) is 5.31. The lowest BCUT2D eigenvalue weighted by Crippen LogP contribution is -2.45. The maximum Gasteiger partial charge on any atom is 0.325 e. The van der Waals surface area contributed by atoms with E-state index in [9.17, 15) is 14.7 Å². The number of benzene rings is 2. The summed E-state index contributed by atoms with van der Waals surface area (Å²) in [6.45, 7) is 1.52. The molecule has 1 heterocycles. The average molecular weight is 428 g/mol. The standard InChI is InChI=1S/C23H28N2O6/c1-23(13-12-16-4-6-18(29-2)7-5-16)21(27)25(22(28)24-23)14-17(26)15-31-20-10-8-19(30-3)9-11-20/h4-11,17,26H,12-15H2,1-3H3,(H,24,28). The molecule has 31 heavy (non-hydrogen) atoms. The molecule has 1 aliphatic rings. The molecular weight excluding hydrogens is 400 g/mol. The van der Waals surface area contributed by atoms with Crippen LogP contribution in [0.5, 0.6) is 17.2 Å². The summed E-state index contributed by atoms with van der Waals surface area (Å²) in [5.74, 6) is 1.66. The Balaban J connectivity index is 1.52. The van der Waals surface area contributed by atoms with E-state index < -0.39 is 17.7 Å². The van der Waals surface area contributed by atoms with Crippen molar-refractivity contribution in [3.63, 3.8) is 0 Å². The number of amides is 3. The number of β-amino-alcohol motifs (C(OH)–C–C–N with tert-alkyl or cyclic N) is 1. The minimum atomic E-state index is -1.02. The zero-order valence-electron chi connectivity index (χ0n) is 18.0. The van der Waals surface area contributed by atoms with Crippen LogP contribution in [0, 0.1) is 0 Å². The first-order valence-corrected chi connectivity index (χ1v) is 10.1. The zero-order chi connectivity index (χ0) is 22.4. The molecule has 2 aromatic rings. The van der Waals surface area contributed by atoms with Gasteiger partial charge in [-0.25, -0.2) is 4.79 Å². The summed E-state index contributed by atoms with van der Waals surface area (Å²) in [6, 6.07) is 14.0. The predicted molar refractivity (Wildman–Crippen MR) is 114 cm³/mol. The number of urea groups is 1. The topological polar surface area (TPSA) is 97.3 Å². The number of imide groups is 1. The minimum absolute atomic E-state index is 0.0497. The van der Waals surface area contributed by atoms with Gasteiger partial charge in [-0.3, -0.25) is 9.69 Å². The van der Waals surface area contributed by atoms with Gasteiger partial charge >= 0.3 is 6.03 Å². The quantitative estimate of drug-likeness (QED) is 0.564. The molecule has 0 aliphatic carbocycles. The molecule has 8 nitrogen and oxygen atoms in total. The van der Waals surface area contributed by atoms with Gasteiger partial charge in [-0.1, -0.05) is 12.1 Å². The van der Waals surface area contributed by atoms with E-state index in [1.807, 2.05) is 24.3 Å². The van der Waals surface area contributed by atoms with Crippen molar-refractivity contribution in [3.05, 3.63) is 54.1 Å². The molecule has 2 atom stereocenters. The molecule has 0 radical (unpaired) electrons. The number of ether oxygens (including phenoxy) is 3. The van der Waals surface area contributed by atoms with E-state index >= 15 is 0 Å². The summed E-state index contributed by atoms with van der Waals surface area (Å²) < 4.78 is 15.8. The first-order valence-electron chi connectivity index (χ1n) is 10.1. The van der Waals surface area contributed by atoms with Crippen LogP contribution in [-0.4, -0.2) is 61.0 Å². The van der Waals surface area contributed by atoms with Crippen LogP contribution < -0.4 is 19.5 Å². The first kappa shape index (κ1) is 22.4. The molecule has 0 aromatic heterocycles. The van der Waals surface area contributed by atoms with Crippen LogP contribution in [0.3, 0.4) is 0 Å². The number of rotatable bonds is 10. The first-order chi connectivity index (χ1) is 14.8. The number of aliphatic hydroxyl groups is 1. The van der Waals surface area contributed by atoms with Crippen molar-refractivity contribution in [1.82, 2.24) is 10.2 Å². The Labute approximate surface area is 181 Å². The lowest BCUT2D eigenvalue weighted by atomic mass is 9.93. The second-order valence-electron chi connectivity index (χ2n) is 7.67.